The van der Waals surface area contributed by atoms with Gasteiger partial charge in [0.05, 0.1) is 0 Å². The average molecular weight is 787 g/mol. The Hall–Kier alpha value is -3.86. The van der Waals surface area contributed by atoms with Gasteiger partial charge < -0.3 is 9.80 Å². The fraction of sp³-hybridized carbons (Fsp3) is 0.519. The van der Waals surface area contributed by atoms with Gasteiger partial charge in [0, 0.05) is 38.0 Å². The second kappa shape index (κ2) is 23.7. The highest BCUT2D eigenvalue weighted by Crippen LogP contribution is 2.41. The van der Waals surface area contributed by atoms with E-state index in [9.17, 15) is 9.59 Å². The van der Waals surface area contributed by atoms with E-state index in [2.05, 4.69) is 148 Å². The molecule has 4 aromatic rings. The Balaban J connectivity index is 0.000000286. The number of hydrogen-bond acceptors (Lipinski definition) is 4. The van der Waals surface area contributed by atoms with Crippen LogP contribution in [0.1, 0.15) is 115 Å². The molecule has 0 amide bonds. The molecule has 0 spiro atoms. The van der Waals surface area contributed by atoms with Crippen molar-refractivity contribution >= 4 is 11.6 Å². The standard InChI is InChI=1S/2C25H33NO.2C2H6/c2*1-19-9-8-12-24(15-19)25(4)13-14-26(17-20(25)2)18-23(21(3)27)16-22-10-6-5-7-11-22;2*1-2/h2*5-12,15,20,23H,13-14,16-18H2,1-4H3;2*1-2H3/t20-,23+,25+;20-,23-,25+;;/m00../s1. The number of carbonyl (C=O) groups excluding carboxylic acids is 2. The van der Waals surface area contributed by atoms with Crippen molar-refractivity contribution in [2.24, 2.45) is 23.7 Å². The Morgan fingerprint density at radius 1 is 0.569 bits per heavy atom. The third-order valence-corrected chi connectivity index (χ3v) is 13.2. The second-order valence-corrected chi connectivity index (χ2v) is 17.4. The molecule has 6 atom stereocenters. The molecule has 58 heavy (non-hydrogen) atoms. The van der Waals surface area contributed by atoms with E-state index in [0.29, 0.717) is 23.4 Å². The van der Waals surface area contributed by atoms with Crippen LogP contribution in [0.25, 0.3) is 0 Å². The summed E-state index contributed by atoms with van der Waals surface area (Å²) in [5.41, 5.74) is 8.54. The summed E-state index contributed by atoms with van der Waals surface area (Å²) in [5, 5.41) is 0. The molecule has 0 unspecified atom stereocenters. The molecule has 6 rings (SSSR count). The molecule has 2 saturated heterocycles. The van der Waals surface area contributed by atoms with E-state index in [1.807, 2.05) is 39.8 Å². The first kappa shape index (κ1) is 48.5. The minimum absolute atomic E-state index is 0.0860. The van der Waals surface area contributed by atoms with E-state index in [0.717, 1.165) is 65.0 Å². The number of rotatable bonds is 12. The first-order valence-corrected chi connectivity index (χ1v) is 22.4. The monoisotopic (exact) mass is 787 g/mol. The molecule has 4 nitrogen and oxygen atoms in total. The molecule has 316 valence electrons. The van der Waals surface area contributed by atoms with Crippen molar-refractivity contribution in [1.29, 1.82) is 0 Å². The van der Waals surface area contributed by atoms with Crippen LogP contribution in [0.5, 0.6) is 0 Å². The summed E-state index contributed by atoms with van der Waals surface area (Å²) in [5.74, 6) is 1.91. The number of likely N-dealkylation sites (tertiary alicyclic amines) is 2. The molecule has 0 aromatic heterocycles. The highest BCUT2D eigenvalue weighted by Gasteiger charge is 2.40. The van der Waals surface area contributed by atoms with Gasteiger partial charge in [0.1, 0.15) is 11.6 Å². The number of ketones is 2. The molecule has 0 bridgehead atoms. The van der Waals surface area contributed by atoms with Crippen LogP contribution in [-0.2, 0) is 33.3 Å². The Morgan fingerprint density at radius 3 is 1.21 bits per heavy atom. The number of Topliss-reactive ketones (excluding diaryl/α,β-unsaturated/α-hetero) is 2. The fourth-order valence-corrected chi connectivity index (χ4v) is 8.92. The van der Waals surface area contributed by atoms with Crippen molar-refractivity contribution in [3.8, 4) is 0 Å². The number of hydrogen-bond donors (Lipinski definition) is 0. The highest BCUT2D eigenvalue weighted by atomic mass is 16.1. The quantitative estimate of drug-likeness (QED) is 0.143. The van der Waals surface area contributed by atoms with Gasteiger partial charge in [-0.05, 0) is 111 Å². The van der Waals surface area contributed by atoms with Crippen molar-refractivity contribution in [1.82, 2.24) is 9.80 Å². The molecule has 0 aliphatic carbocycles. The molecular formula is C54H78N2O2. The number of piperidine rings is 2. The maximum atomic E-state index is 12.3. The molecule has 2 heterocycles. The summed E-state index contributed by atoms with van der Waals surface area (Å²) < 4.78 is 0. The molecule has 0 saturated carbocycles. The van der Waals surface area contributed by atoms with Crippen LogP contribution in [0.2, 0.25) is 0 Å². The maximum absolute atomic E-state index is 12.3. The van der Waals surface area contributed by atoms with Crippen LogP contribution in [0.4, 0.5) is 0 Å². The maximum Gasteiger partial charge on any atom is 0.134 e. The van der Waals surface area contributed by atoms with E-state index in [4.69, 9.17) is 0 Å². The van der Waals surface area contributed by atoms with Crippen LogP contribution < -0.4 is 0 Å². The molecule has 0 radical (unpaired) electrons. The number of benzene rings is 4. The lowest BCUT2D eigenvalue weighted by atomic mass is 9.67. The molecule has 2 aliphatic heterocycles. The summed E-state index contributed by atoms with van der Waals surface area (Å²) in [6, 6.07) is 38.8. The van der Waals surface area contributed by atoms with E-state index in [-0.39, 0.29) is 22.7 Å². The fourth-order valence-electron chi connectivity index (χ4n) is 8.92. The molecule has 0 N–H and O–H groups in total. The Labute approximate surface area is 354 Å². The second-order valence-electron chi connectivity index (χ2n) is 17.4. The molecule has 2 fully saturated rings. The minimum Gasteiger partial charge on any atom is -0.302 e. The van der Waals surface area contributed by atoms with Crippen molar-refractivity contribution in [3.63, 3.8) is 0 Å². The smallest absolute Gasteiger partial charge is 0.134 e. The van der Waals surface area contributed by atoms with Crippen molar-refractivity contribution in [2.45, 2.75) is 120 Å². The third kappa shape index (κ3) is 13.6. The topological polar surface area (TPSA) is 40.6 Å². The lowest BCUT2D eigenvalue weighted by molar-refractivity contribution is -0.122. The Bertz CT molecular complexity index is 1670. The zero-order valence-electron chi connectivity index (χ0n) is 38.5. The number of carbonyl (C=O) groups is 2. The van der Waals surface area contributed by atoms with Gasteiger partial charge in [-0.15, -0.1) is 0 Å². The Kier molecular flexibility index (Phi) is 19.8. The van der Waals surface area contributed by atoms with Gasteiger partial charge in [-0.2, -0.15) is 0 Å². The van der Waals surface area contributed by atoms with Gasteiger partial charge >= 0.3 is 0 Å². The van der Waals surface area contributed by atoms with Gasteiger partial charge in [-0.1, -0.05) is 176 Å². The first-order chi connectivity index (χ1) is 27.8. The lowest BCUT2D eigenvalue weighted by Gasteiger charge is -2.46. The minimum atomic E-state index is 0.0860. The van der Waals surface area contributed by atoms with Gasteiger partial charge in [0.15, 0.2) is 0 Å². The van der Waals surface area contributed by atoms with Gasteiger partial charge in [-0.3, -0.25) is 9.59 Å². The normalized spacial score (nSPS) is 23.0. The van der Waals surface area contributed by atoms with Crippen molar-refractivity contribution in [2.75, 3.05) is 39.3 Å². The number of nitrogens with zero attached hydrogens (tertiary/aromatic N) is 2. The molecule has 4 aromatic carbocycles. The van der Waals surface area contributed by atoms with Gasteiger partial charge in [0.25, 0.3) is 0 Å². The SMILES string of the molecule is CC.CC.CC(=O)[C@@H](Cc1ccccc1)CN1CC[C@@](C)(c2cccc(C)c2)[C@@H](C)C1.CC(=O)[C@H](Cc1ccccc1)CN1CC[C@@](C)(c2cccc(C)c2)[C@@H](C)C1. The summed E-state index contributed by atoms with van der Waals surface area (Å²) in [6.45, 7) is 31.4. The summed E-state index contributed by atoms with van der Waals surface area (Å²) in [6.07, 6.45) is 3.98. The van der Waals surface area contributed by atoms with Gasteiger partial charge in [0.2, 0.25) is 0 Å². The third-order valence-electron chi connectivity index (χ3n) is 13.2. The highest BCUT2D eigenvalue weighted by molar-refractivity contribution is 5.79. The molecular weight excluding hydrogens is 709 g/mol. The van der Waals surface area contributed by atoms with E-state index in [1.165, 1.54) is 33.4 Å². The van der Waals surface area contributed by atoms with Crippen LogP contribution in [0.3, 0.4) is 0 Å². The van der Waals surface area contributed by atoms with E-state index in [1.54, 1.807) is 13.8 Å². The largest absolute Gasteiger partial charge is 0.302 e. The Morgan fingerprint density at radius 2 is 0.914 bits per heavy atom. The first-order valence-electron chi connectivity index (χ1n) is 22.4. The predicted molar refractivity (Wildman–Crippen MR) is 249 cm³/mol. The van der Waals surface area contributed by atoms with Gasteiger partial charge in [-0.25, -0.2) is 0 Å². The van der Waals surface area contributed by atoms with Crippen molar-refractivity contribution < 1.29 is 9.59 Å². The van der Waals surface area contributed by atoms with Crippen LogP contribution in [-0.4, -0.2) is 60.6 Å². The van der Waals surface area contributed by atoms with Crippen molar-refractivity contribution in [3.05, 3.63) is 143 Å². The zero-order valence-corrected chi connectivity index (χ0v) is 38.5. The van der Waals surface area contributed by atoms with E-state index < -0.39 is 0 Å². The van der Waals surface area contributed by atoms with Crippen LogP contribution in [0, 0.1) is 37.5 Å². The van der Waals surface area contributed by atoms with E-state index >= 15 is 0 Å². The molecule has 4 heteroatoms. The lowest BCUT2D eigenvalue weighted by Crippen LogP contribution is -2.49. The summed E-state index contributed by atoms with van der Waals surface area (Å²) >= 11 is 0. The summed E-state index contributed by atoms with van der Waals surface area (Å²) in [7, 11) is 0. The number of aryl methyl sites for hydroxylation is 2. The van der Waals surface area contributed by atoms with Crippen LogP contribution >= 0.6 is 0 Å². The average Bonchev–Trinajstić information content (AvgIpc) is 3.22. The van der Waals surface area contributed by atoms with Crippen LogP contribution in [0.15, 0.2) is 109 Å². The summed E-state index contributed by atoms with van der Waals surface area (Å²) in [4.78, 5) is 29.5. The zero-order chi connectivity index (χ0) is 42.9. The predicted octanol–water partition coefficient (Wildman–Crippen LogP) is 12.1. The molecule has 2 aliphatic rings.